The highest BCUT2D eigenvalue weighted by Gasteiger charge is 2.58. The summed E-state index contributed by atoms with van der Waals surface area (Å²) in [6, 6.07) is 0. The molecule has 0 aromatic carbocycles. The fourth-order valence-corrected chi connectivity index (χ4v) is 7.60. The summed E-state index contributed by atoms with van der Waals surface area (Å²) in [5.74, 6) is 5.01. The van der Waals surface area contributed by atoms with Gasteiger partial charge in [0.2, 0.25) is 0 Å². The van der Waals surface area contributed by atoms with Crippen molar-refractivity contribution < 1.29 is 4.79 Å². The molecule has 0 spiro atoms. The topological polar surface area (TPSA) is 17.1 Å². The van der Waals surface area contributed by atoms with Crippen molar-refractivity contribution in [2.45, 2.75) is 85.0 Å². The second kappa shape index (κ2) is 5.08. The Labute approximate surface area is 136 Å². The van der Waals surface area contributed by atoms with Crippen molar-refractivity contribution in [3.63, 3.8) is 0 Å². The van der Waals surface area contributed by atoms with Crippen LogP contribution in [-0.2, 0) is 4.79 Å². The molecule has 4 rings (SSSR count). The molecule has 1 heteroatoms. The lowest BCUT2D eigenvalue weighted by molar-refractivity contribution is -0.134. The zero-order valence-electron chi connectivity index (χ0n) is 14.9. The molecule has 0 aliphatic heterocycles. The molecule has 7 atom stereocenters. The predicted octanol–water partition coefficient (Wildman–Crippen LogP) is 5.62. The Morgan fingerprint density at radius 3 is 2.45 bits per heavy atom. The smallest absolute Gasteiger partial charge is 0.139 e. The summed E-state index contributed by atoms with van der Waals surface area (Å²) in [6.07, 6.45) is 13.3. The van der Waals surface area contributed by atoms with Crippen molar-refractivity contribution >= 4 is 5.78 Å². The van der Waals surface area contributed by atoms with Crippen molar-refractivity contribution in [2.75, 3.05) is 0 Å². The van der Waals surface area contributed by atoms with Crippen LogP contribution in [0.1, 0.15) is 85.0 Å². The normalized spacial score (nSPS) is 55.0. The SMILES string of the molecule is CC1CCCC2C3CCC4(C)C(=O)CCC4C3CCC2(C)C1. The molecule has 4 saturated carbocycles. The summed E-state index contributed by atoms with van der Waals surface area (Å²) < 4.78 is 0. The first-order chi connectivity index (χ1) is 10.4. The van der Waals surface area contributed by atoms with Gasteiger partial charge >= 0.3 is 0 Å². The molecule has 4 aliphatic rings. The third-order valence-electron chi connectivity index (χ3n) is 8.69. The van der Waals surface area contributed by atoms with Gasteiger partial charge in [-0.1, -0.05) is 33.6 Å². The molecule has 0 amide bonds. The lowest BCUT2D eigenvalue weighted by Gasteiger charge is -2.56. The Morgan fingerprint density at radius 1 is 0.909 bits per heavy atom. The van der Waals surface area contributed by atoms with Crippen LogP contribution < -0.4 is 0 Å². The Kier molecular flexibility index (Phi) is 3.51. The summed E-state index contributed by atoms with van der Waals surface area (Å²) in [6.45, 7) is 7.41. The number of Topliss-reactive ketones (excluding diaryl/α,β-unsaturated/α-hetero) is 1. The van der Waals surface area contributed by atoms with Crippen molar-refractivity contribution in [3.8, 4) is 0 Å². The molecular formula is C21H34O. The van der Waals surface area contributed by atoms with Crippen molar-refractivity contribution in [3.05, 3.63) is 0 Å². The number of carbonyl (C=O) groups is 1. The fourth-order valence-electron chi connectivity index (χ4n) is 7.60. The molecule has 4 fully saturated rings. The predicted molar refractivity (Wildman–Crippen MR) is 90.5 cm³/mol. The van der Waals surface area contributed by atoms with Gasteiger partial charge in [0, 0.05) is 11.8 Å². The van der Waals surface area contributed by atoms with E-state index in [1.807, 2.05) is 0 Å². The van der Waals surface area contributed by atoms with Crippen LogP contribution in [-0.4, -0.2) is 5.78 Å². The molecule has 4 aliphatic carbocycles. The molecule has 0 aromatic rings. The zero-order chi connectivity index (χ0) is 15.5. The van der Waals surface area contributed by atoms with Gasteiger partial charge in [-0.2, -0.15) is 0 Å². The minimum atomic E-state index is 0.0624. The van der Waals surface area contributed by atoms with E-state index in [0.29, 0.717) is 11.2 Å². The second-order valence-corrected chi connectivity index (χ2v) is 9.89. The van der Waals surface area contributed by atoms with E-state index in [-0.39, 0.29) is 5.41 Å². The van der Waals surface area contributed by atoms with Gasteiger partial charge in [-0.05, 0) is 80.0 Å². The fraction of sp³-hybridized carbons (Fsp3) is 0.952. The number of rotatable bonds is 0. The van der Waals surface area contributed by atoms with E-state index in [2.05, 4.69) is 20.8 Å². The van der Waals surface area contributed by atoms with Crippen LogP contribution >= 0.6 is 0 Å². The van der Waals surface area contributed by atoms with Crippen LogP contribution in [0.25, 0.3) is 0 Å². The number of fused-ring (bicyclic) bond motifs is 5. The Bertz CT molecular complexity index is 469. The molecular weight excluding hydrogens is 268 g/mol. The van der Waals surface area contributed by atoms with Crippen molar-refractivity contribution in [1.82, 2.24) is 0 Å². The molecule has 0 bridgehead atoms. The molecule has 0 aromatic heterocycles. The number of carbonyl (C=O) groups excluding carboxylic acids is 1. The lowest BCUT2D eigenvalue weighted by atomic mass is 9.48. The van der Waals surface area contributed by atoms with Gasteiger partial charge in [-0.3, -0.25) is 4.79 Å². The molecule has 124 valence electrons. The van der Waals surface area contributed by atoms with E-state index < -0.39 is 0 Å². The highest BCUT2D eigenvalue weighted by molar-refractivity contribution is 5.87. The van der Waals surface area contributed by atoms with Gasteiger partial charge in [0.15, 0.2) is 0 Å². The van der Waals surface area contributed by atoms with Gasteiger partial charge in [0.1, 0.15) is 5.78 Å². The first kappa shape index (κ1) is 15.2. The Hall–Kier alpha value is -0.330. The van der Waals surface area contributed by atoms with Gasteiger partial charge < -0.3 is 0 Å². The average Bonchev–Trinajstić information content (AvgIpc) is 2.67. The standard InChI is InChI=1S/C21H34O/c1-14-5-4-6-17-15-10-12-21(3)18(7-8-19(21)22)16(15)9-11-20(17,2)13-14/h14-18H,4-13H2,1-3H3. The third-order valence-corrected chi connectivity index (χ3v) is 8.69. The minimum absolute atomic E-state index is 0.0624. The van der Waals surface area contributed by atoms with E-state index in [4.69, 9.17) is 0 Å². The summed E-state index contributed by atoms with van der Waals surface area (Å²) in [5, 5.41) is 0. The van der Waals surface area contributed by atoms with Gasteiger partial charge in [-0.25, -0.2) is 0 Å². The van der Waals surface area contributed by atoms with Crippen LogP contribution in [0.3, 0.4) is 0 Å². The van der Waals surface area contributed by atoms with Crippen LogP contribution in [0, 0.1) is 40.4 Å². The van der Waals surface area contributed by atoms with Crippen LogP contribution in [0.15, 0.2) is 0 Å². The summed E-state index contributed by atoms with van der Waals surface area (Å²) in [5.41, 5.74) is 0.667. The highest BCUT2D eigenvalue weighted by atomic mass is 16.1. The minimum Gasteiger partial charge on any atom is -0.299 e. The maximum Gasteiger partial charge on any atom is 0.139 e. The van der Waals surface area contributed by atoms with E-state index in [1.54, 1.807) is 0 Å². The molecule has 0 heterocycles. The molecule has 0 saturated heterocycles. The van der Waals surface area contributed by atoms with Crippen molar-refractivity contribution in [1.29, 1.82) is 0 Å². The highest BCUT2D eigenvalue weighted by Crippen LogP contribution is 2.64. The van der Waals surface area contributed by atoms with Gasteiger partial charge in [0.05, 0.1) is 0 Å². The molecule has 7 unspecified atom stereocenters. The maximum atomic E-state index is 12.4. The maximum absolute atomic E-state index is 12.4. The Morgan fingerprint density at radius 2 is 1.64 bits per heavy atom. The number of ketones is 1. The van der Waals surface area contributed by atoms with E-state index >= 15 is 0 Å². The van der Waals surface area contributed by atoms with E-state index in [1.165, 1.54) is 57.8 Å². The summed E-state index contributed by atoms with van der Waals surface area (Å²) in [7, 11) is 0. The number of hydrogen-bond acceptors (Lipinski definition) is 1. The molecule has 0 radical (unpaired) electrons. The first-order valence-corrected chi connectivity index (χ1v) is 9.97. The van der Waals surface area contributed by atoms with Crippen LogP contribution in [0.4, 0.5) is 0 Å². The lowest BCUT2D eigenvalue weighted by Crippen LogP contribution is -2.50. The molecule has 22 heavy (non-hydrogen) atoms. The molecule has 1 nitrogen and oxygen atoms in total. The van der Waals surface area contributed by atoms with Crippen molar-refractivity contribution in [2.24, 2.45) is 40.4 Å². The Balaban J connectivity index is 1.63. The quantitative estimate of drug-likeness (QED) is 0.567. The van der Waals surface area contributed by atoms with Crippen LogP contribution in [0.5, 0.6) is 0 Å². The summed E-state index contributed by atoms with van der Waals surface area (Å²) in [4.78, 5) is 12.4. The van der Waals surface area contributed by atoms with Gasteiger partial charge in [0.25, 0.3) is 0 Å². The van der Waals surface area contributed by atoms with Gasteiger partial charge in [-0.15, -0.1) is 0 Å². The zero-order valence-corrected chi connectivity index (χ0v) is 14.9. The third kappa shape index (κ3) is 2.06. The first-order valence-electron chi connectivity index (χ1n) is 9.97. The van der Waals surface area contributed by atoms with E-state index in [0.717, 1.165) is 36.0 Å². The number of hydrogen-bond donors (Lipinski definition) is 0. The monoisotopic (exact) mass is 302 g/mol. The van der Waals surface area contributed by atoms with E-state index in [9.17, 15) is 4.79 Å². The van der Waals surface area contributed by atoms with Crippen LogP contribution in [0.2, 0.25) is 0 Å². The second-order valence-electron chi connectivity index (χ2n) is 9.89. The summed E-state index contributed by atoms with van der Waals surface area (Å²) >= 11 is 0. The average molecular weight is 303 g/mol. The molecule has 0 N–H and O–H groups in total. The largest absolute Gasteiger partial charge is 0.299 e.